The summed E-state index contributed by atoms with van der Waals surface area (Å²) in [6.45, 7) is 8.16. The van der Waals surface area contributed by atoms with E-state index in [2.05, 4.69) is 32.0 Å². The van der Waals surface area contributed by atoms with Gasteiger partial charge in [0.15, 0.2) is 0 Å². The zero-order valence-corrected chi connectivity index (χ0v) is 13.4. The average molecular weight is 301 g/mol. The van der Waals surface area contributed by atoms with Gasteiger partial charge >= 0.3 is 0 Å². The van der Waals surface area contributed by atoms with Crippen molar-refractivity contribution in [3.8, 4) is 0 Å². The number of aromatic amines is 1. The summed E-state index contributed by atoms with van der Waals surface area (Å²) < 4.78 is 5.73. The van der Waals surface area contributed by atoms with Crippen molar-refractivity contribution in [2.75, 3.05) is 13.1 Å². The number of nitrogens with one attached hydrogen (secondary N) is 1. The number of likely N-dealkylation sites (tertiary alicyclic amines) is 1. The molecule has 118 valence electrons. The summed E-state index contributed by atoms with van der Waals surface area (Å²) in [7, 11) is 0. The van der Waals surface area contributed by atoms with Gasteiger partial charge in [0, 0.05) is 19.0 Å². The molecule has 22 heavy (non-hydrogen) atoms. The first kappa shape index (κ1) is 13.9. The van der Waals surface area contributed by atoms with E-state index in [1.807, 2.05) is 13.8 Å². The van der Waals surface area contributed by atoms with Crippen LogP contribution in [0.2, 0.25) is 0 Å². The summed E-state index contributed by atoms with van der Waals surface area (Å²) >= 11 is 0. The molecule has 0 bridgehead atoms. The maximum atomic E-state index is 5.73. The van der Waals surface area contributed by atoms with E-state index in [1.165, 1.54) is 12.8 Å². The van der Waals surface area contributed by atoms with Crippen LogP contribution in [0, 0.1) is 25.7 Å². The van der Waals surface area contributed by atoms with Gasteiger partial charge < -0.3 is 4.42 Å². The first-order valence-electron chi connectivity index (χ1n) is 8.17. The highest BCUT2D eigenvalue weighted by Crippen LogP contribution is 2.48. The second-order valence-corrected chi connectivity index (χ2v) is 6.81. The van der Waals surface area contributed by atoms with Crippen LogP contribution in [0.5, 0.6) is 0 Å². The summed E-state index contributed by atoms with van der Waals surface area (Å²) in [6, 6.07) is 0.212. The van der Waals surface area contributed by atoms with Crippen LogP contribution in [-0.4, -0.2) is 38.2 Å². The summed E-state index contributed by atoms with van der Waals surface area (Å²) in [5, 5.41) is 7.36. The van der Waals surface area contributed by atoms with Gasteiger partial charge in [-0.2, -0.15) is 5.10 Å². The Kier molecular flexibility index (Phi) is 3.29. The third kappa shape index (κ3) is 2.45. The molecule has 0 spiro atoms. The van der Waals surface area contributed by atoms with Crippen molar-refractivity contribution in [1.82, 2.24) is 25.1 Å². The number of hydrogen-bond donors (Lipinski definition) is 1. The van der Waals surface area contributed by atoms with Crippen molar-refractivity contribution in [1.29, 1.82) is 0 Å². The van der Waals surface area contributed by atoms with Gasteiger partial charge in [-0.25, -0.2) is 9.97 Å². The van der Waals surface area contributed by atoms with Crippen molar-refractivity contribution < 1.29 is 4.42 Å². The van der Waals surface area contributed by atoms with E-state index >= 15 is 0 Å². The number of nitrogens with zero attached hydrogens (tertiary/aromatic N) is 4. The molecule has 3 atom stereocenters. The van der Waals surface area contributed by atoms with Gasteiger partial charge in [0.1, 0.15) is 17.4 Å². The zero-order chi connectivity index (χ0) is 15.3. The highest BCUT2D eigenvalue weighted by molar-refractivity contribution is 5.10. The van der Waals surface area contributed by atoms with E-state index in [0.717, 1.165) is 42.3 Å². The largest absolute Gasteiger partial charge is 0.444 e. The molecule has 1 aliphatic heterocycles. The number of aromatic nitrogens is 4. The molecule has 6 heteroatoms. The minimum atomic E-state index is 0.212. The lowest BCUT2D eigenvalue weighted by atomic mass is 9.91. The second-order valence-electron chi connectivity index (χ2n) is 6.81. The molecule has 1 unspecified atom stereocenters. The van der Waals surface area contributed by atoms with E-state index in [9.17, 15) is 0 Å². The molecule has 3 heterocycles. The van der Waals surface area contributed by atoms with Crippen molar-refractivity contribution >= 4 is 0 Å². The Bertz CT molecular complexity index is 659. The van der Waals surface area contributed by atoms with Gasteiger partial charge in [0.25, 0.3) is 0 Å². The van der Waals surface area contributed by atoms with E-state index in [1.54, 1.807) is 6.20 Å². The molecule has 4 rings (SSSR count). The van der Waals surface area contributed by atoms with Crippen molar-refractivity contribution in [3.05, 3.63) is 29.5 Å². The fraction of sp³-hybridized carbons (Fsp3) is 0.688. The lowest BCUT2D eigenvalue weighted by molar-refractivity contribution is 0.212. The fourth-order valence-electron chi connectivity index (χ4n) is 3.72. The Balaban J connectivity index is 1.56. The molecule has 1 aliphatic carbocycles. The molecule has 1 N–H and O–H groups in total. The van der Waals surface area contributed by atoms with Crippen LogP contribution in [0.4, 0.5) is 0 Å². The van der Waals surface area contributed by atoms with E-state index in [-0.39, 0.29) is 6.04 Å². The van der Waals surface area contributed by atoms with Crippen LogP contribution in [0.25, 0.3) is 0 Å². The third-order valence-electron chi connectivity index (χ3n) is 5.13. The maximum Gasteiger partial charge on any atom is 0.211 e. The molecule has 2 aliphatic rings. The first-order valence-corrected chi connectivity index (χ1v) is 8.17. The number of H-pyrrole nitrogens is 1. The number of aryl methyl sites for hydroxylation is 2. The molecule has 0 aromatic carbocycles. The van der Waals surface area contributed by atoms with Crippen LogP contribution >= 0.6 is 0 Å². The lowest BCUT2D eigenvalue weighted by Gasteiger charge is -2.21. The van der Waals surface area contributed by atoms with Gasteiger partial charge in [-0.1, -0.05) is 0 Å². The van der Waals surface area contributed by atoms with E-state index in [4.69, 9.17) is 4.42 Å². The minimum Gasteiger partial charge on any atom is -0.444 e. The van der Waals surface area contributed by atoms with Crippen LogP contribution in [0.1, 0.15) is 55.0 Å². The Morgan fingerprint density at radius 1 is 1.32 bits per heavy atom. The van der Waals surface area contributed by atoms with E-state index in [0.29, 0.717) is 11.8 Å². The summed E-state index contributed by atoms with van der Waals surface area (Å²) in [5.41, 5.74) is 0. The Hall–Kier alpha value is -1.69. The number of rotatable bonds is 4. The zero-order valence-electron chi connectivity index (χ0n) is 13.4. The molecule has 2 aromatic rings. The van der Waals surface area contributed by atoms with Crippen LogP contribution in [-0.2, 0) is 0 Å². The summed E-state index contributed by atoms with van der Waals surface area (Å²) in [6.07, 6.45) is 4.51. The van der Waals surface area contributed by atoms with Crippen LogP contribution in [0.3, 0.4) is 0 Å². The van der Waals surface area contributed by atoms with E-state index < -0.39 is 0 Å². The quantitative estimate of drug-likeness (QED) is 0.940. The SMILES string of the molecule is Cc1n[nH]c([C@@H]2CN(C(C)c3ncc(C)o3)C[C@H]2C2CC2)n1. The molecule has 6 nitrogen and oxygen atoms in total. The topological polar surface area (TPSA) is 70.8 Å². The molecular formula is C16H23N5O. The monoisotopic (exact) mass is 301 g/mol. The second kappa shape index (κ2) is 5.19. The van der Waals surface area contributed by atoms with Crippen molar-refractivity contribution in [2.24, 2.45) is 11.8 Å². The molecular weight excluding hydrogens is 278 g/mol. The van der Waals surface area contributed by atoms with Gasteiger partial charge in [-0.15, -0.1) is 0 Å². The highest BCUT2D eigenvalue weighted by atomic mass is 16.4. The standard InChI is InChI=1S/C16H23N5O/c1-9-6-17-16(22-9)10(2)21-7-13(12-4-5-12)14(8-21)15-18-11(3)19-20-15/h6,10,12-14H,4-5,7-8H2,1-3H3,(H,18,19,20)/t10?,13-,14+/m0/s1. The predicted molar refractivity (Wildman–Crippen MR) is 81.3 cm³/mol. The smallest absolute Gasteiger partial charge is 0.211 e. The molecule has 0 radical (unpaired) electrons. The molecule has 0 amide bonds. The van der Waals surface area contributed by atoms with Gasteiger partial charge in [0.2, 0.25) is 5.89 Å². The van der Waals surface area contributed by atoms with Gasteiger partial charge in [-0.3, -0.25) is 10.00 Å². The molecule has 2 aromatic heterocycles. The van der Waals surface area contributed by atoms with Crippen LogP contribution < -0.4 is 0 Å². The predicted octanol–water partition coefficient (Wildman–Crippen LogP) is 2.60. The molecule has 2 fully saturated rings. The van der Waals surface area contributed by atoms with Crippen molar-refractivity contribution in [2.45, 2.75) is 45.6 Å². The summed E-state index contributed by atoms with van der Waals surface area (Å²) in [4.78, 5) is 11.5. The maximum absolute atomic E-state index is 5.73. The first-order chi connectivity index (χ1) is 10.6. The Morgan fingerprint density at radius 3 is 2.73 bits per heavy atom. The van der Waals surface area contributed by atoms with Crippen LogP contribution in [0.15, 0.2) is 10.6 Å². The molecule has 1 saturated heterocycles. The Labute approximate surface area is 130 Å². The number of hydrogen-bond acceptors (Lipinski definition) is 5. The van der Waals surface area contributed by atoms with Gasteiger partial charge in [0.05, 0.1) is 12.2 Å². The third-order valence-corrected chi connectivity index (χ3v) is 5.13. The van der Waals surface area contributed by atoms with Crippen molar-refractivity contribution in [3.63, 3.8) is 0 Å². The lowest BCUT2D eigenvalue weighted by Crippen LogP contribution is -2.25. The summed E-state index contributed by atoms with van der Waals surface area (Å²) in [5.74, 6) is 5.55. The number of oxazole rings is 1. The Morgan fingerprint density at radius 2 is 2.14 bits per heavy atom. The minimum absolute atomic E-state index is 0.212. The fourth-order valence-corrected chi connectivity index (χ4v) is 3.72. The average Bonchev–Trinajstić information content (AvgIpc) is 2.91. The normalized spacial score (nSPS) is 27.4. The van der Waals surface area contributed by atoms with Gasteiger partial charge in [-0.05, 0) is 45.4 Å². The molecule has 1 saturated carbocycles. The highest BCUT2D eigenvalue weighted by Gasteiger charge is 2.45.